The number of hydrogen-bond donors (Lipinski definition) is 0. The minimum Gasteiger partial charge on any atom is -0.206 e. The van der Waals surface area contributed by atoms with Gasteiger partial charge >= 0.3 is 0 Å². The van der Waals surface area contributed by atoms with Gasteiger partial charge in [-0.3, -0.25) is 0 Å². The molecule has 2 aromatic rings. The van der Waals surface area contributed by atoms with Crippen LogP contribution in [0, 0.1) is 11.2 Å². The van der Waals surface area contributed by atoms with Crippen molar-refractivity contribution in [3.05, 3.63) is 30.1 Å². The normalized spacial score (nSPS) is 14.9. The van der Waals surface area contributed by atoms with Crippen molar-refractivity contribution < 1.29 is 4.39 Å². The van der Waals surface area contributed by atoms with Crippen LogP contribution in [0.15, 0.2) is 34.5 Å². The predicted octanol–water partition coefficient (Wildman–Crippen LogP) is 3.44. The summed E-state index contributed by atoms with van der Waals surface area (Å²) in [5, 5.41) is 13.5. The van der Waals surface area contributed by atoms with Gasteiger partial charge < -0.3 is 0 Å². The number of hydrogen-bond acceptors (Lipinski definition) is 4. The molecule has 0 N–H and O–H groups in total. The molecule has 0 fully saturated rings. The molecule has 0 aliphatic carbocycles. The molecule has 2 heterocycles. The number of aromatic nitrogens is 3. The molecule has 104 valence electrons. The average Bonchev–Trinajstić information content (AvgIpc) is 2.81. The maximum absolute atomic E-state index is 13.9. The Bertz CT molecular complexity index is 685. The Labute approximate surface area is 121 Å². The zero-order valence-electron chi connectivity index (χ0n) is 11.6. The summed E-state index contributed by atoms with van der Waals surface area (Å²) in [6.07, 6.45) is 0. The predicted molar refractivity (Wildman–Crippen MR) is 78.4 cm³/mol. The number of halogens is 1. The fourth-order valence-electron chi connectivity index (χ4n) is 1.91. The van der Waals surface area contributed by atoms with Gasteiger partial charge in [0, 0.05) is 11.2 Å². The Morgan fingerprint density at radius 1 is 1.20 bits per heavy atom. The molecule has 1 aliphatic heterocycles. The average molecular weight is 290 g/mol. The van der Waals surface area contributed by atoms with Crippen LogP contribution in [0.1, 0.15) is 20.8 Å². The van der Waals surface area contributed by atoms with Gasteiger partial charge in [0.15, 0.2) is 5.82 Å². The molecular weight excluding hydrogens is 275 g/mol. The first-order valence-corrected chi connectivity index (χ1v) is 7.37. The van der Waals surface area contributed by atoms with E-state index in [0.717, 1.165) is 11.5 Å². The van der Waals surface area contributed by atoms with Crippen LogP contribution in [-0.2, 0) is 0 Å². The second-order valence-corrected chi connectivity index (χ2v) is 6.63. The van der Waals surface area contributed by atoms with Crippen LogP contribution < -0.4 is 0 Å². The molecule has 0 radical (unpaired) electrons. The topological polar surface area (TPSA) is 43.1 Å². The Morgan fingerprint density at radius 3 is 2.65 bits per heavy atom. The third-order valence-corrected chi connectivity index (χ3v) is 4.08. The second kappa shape index (κ2) is 4.70. The Hall–Kier alpha value is -1.69. The lowest BCUT2D eigenvalue weighted by Crippen LogP contribution is -2.26. The van der Waals surface area contributed by atoms with E-state index in [1.807, 2.05) is 0 Å². The van der Waals surface area contributed by atoms with Gasteiger partial charge in [0.05, 0.1) is 11.3 Å². The zero-order chi connectivity index (χ0) is 14.3. The van der Waals surface area contributed by atoms with Crippen LogP contribution in [0.25, 0.3) is 11.4 Å². The van der Waals surface area contributed by atoms with Crippen molar-refractivity contribution in [1.29, 1.82) is 0 Å². The number of benzene rings is 1. The van der Waals surface area contributed by atoms with E-state index < -0.39 is 0 Å². The number of thioether (sulfide) groups is 1. The first-order valence-electron chi connectivity index (χ1n) is 6.38. The first-order chi connectivity index (χ1) is 9.47. The molecule has 0 saturated heterocycles. The first kappa shape index (κ1) is 13.3. The van der Waals surface area contributed by atoms with Gasteiger partial charge in [-0.05, 0) is 12.1 Å². The van der Waals surface area contributed by atoms with Crippen molar-refractivity contribution >= 4 is 17.5 Å². The molecule has 0 atom stereocenters. The second-order valence-electron chi connectivity index (χ2n) is 5.68. The highest BCUT2D eigenvalue weighted by atomic mass is 32.2. The van der Waals surface area contributed by atoms with Crippen LogP contribution >= 0.6 is 11.8 Å². The number of rotatable bonds is 1. The summed E-state index contributed by atoms with van der Waals surface area (Å²) in [6.45, 7) is 6.35. The molecule has 20 heavy (non-hydrogen) atoms. The van der Waals surface area contributed by atoms with E-state index in [9.17, 15) is 4.39 Å². The smallest absolute Gasteiger partial charge is 0.206 e. The van der Waals surface area contributed by atoms with Crippen LogP contribution in [0.2, 0.25) is 0 Å². The van der Waals surface area contributed by atoms with Gasteiger partial charge in [-0.15, -0.1) is 10.2 Å². The summed E-state index contributed by atoms with van der Waals surface area (Å²) in [5.74, 6) is 0.927. The molecule has 1 aromatic heterocycles. The summed E-state index contributed by atoms with van der Waals surface area (Å²) in [7, 11) is 0. The molecule has 1 aromatic carbocycles. The lowest BCUT2D eigenvalue weighted by Gasteiger charge is -2.24. The Kier molecular flexibility index (Phi) is 3.12. The number of nitrogens with zero attached hydrogens (tertiary/aromatic N) is 4. The fourth-order valence-corrected chi connectivity index (χ4v) is 3.01. The van der Waals surface area contributed by atoms with E-state index in [2.05, 4.69) is 36.1 Å². The van der Waals surface area contributed by atoms with Crippen molar-refractivity contribution in [2.45, 2.75) is 25.9 Å². The van der Waals surface area contributed by atoms with E-state index in [1.54, 1.807) is 34.6 Å². The summed E-state index contributed by atoms with van der Waals surface area (Å²) in [5.41, 5.74) is 1.44. The van der Waals surface area contributed by atoms with Gasteiger partial charge in [-0.2, -0.15) is 9.78 Å². The highest BCUT2D eigenvalue weighted by Crippen LogP contribution is 2.31. The van der Waals surface area contributed by atoms with Crippen LogP contribution in [0.5, 0.6) is 0 Å². The van der Waals surface area contributed by atoms with E-state index in [1.165, 1.54) is 6.07 Å². The standard InChI is InChI=1S/C14H15FN4S/c1-14(2,3)11-8-20-13-17-16-12(19(13)18-11)9-6-4-5-7-10(9)15/h4-7H,8H2,1-3H3. The third kappa shape index (κ3) is 2.24. The minimum absolute atomic E-state index is 0.0263. The lowest BCUT2D eigenvalue weighted by atomic mass is 9.91. The Morgan fingerprint density at radius 2 is 1.95 bits per heavy atom. The molecule has 4 nitrogen and oxygen atoms in total. The molecule has 0 saturated carbocycles. The van der Waals surface area contributed by atoms with E-state index in [0.29, 0.717) is 16.5 Å². The molecule has 0 spiro atoms. The van der Waals surface area contributed by atoms with Gasteiger partial charge in [0.25, 0.3) is 0 Å². The summed E-state index contributed by atoms with van der Waals surface area (Å²) in [4.78, 5) is 0. The summed E-state index contributed by atoms with van der Waals surface area (Å²) in [6, 6.07) is 6.55. The lowest BCUT2D eigenvalue weighted by molar-refractivity contribution is 0.573. The van der Waals surface area contributed by atoms with E-state index in [4.69, 9.17) is 0 Å². The van der Waals surface area contributed by atoms with Crippen molar-refractivity contribution in [2.24, 2.45) is 10.5 Å². The van der Waals surface area contributed by atoms with Gasteiger partial charge in [-0.25, -0.2) is 4.39 Å². The summed E-state index contributed by atoms with van der Waals surface area (Å²) < 4.78 is 15.6. The highest BCUT2D eigenvalue weighted by Gasteiger charge is 2.27. The van der Waals surface area contributed by atoms with E-state index >= 15 is 0 Å². The van der Waals surface area contributed by atoms with Gasteiger partial charge in [0.1, 0.15) is 5.82 Å². The van der Waals surface area contributed by atoms with Gasteiger partial charge in [-0.1, -0.05) is 44.7 Å². The van der Waals surface area contributed by atoms with Gasteiger partial charge in [0.2, 0.25) is 5.16 Å². The van der Waals surface area contributed by atoms with Crippen LogP contribution in [0.3, 0.4) is 0 Å². The fraction of sp³-hybridized carbons (Fsp3) is 0.357. The highest BCUT2D eigenvalue weighted by molar-refractivity contribution is 7.99. The van der Waals surface area contributed by atoms with Crippen molar-refractivity contribution in [3.63, 3.8) is 0 Å². The van der Waals surface area contributed by atoms with E-state index in [-0.39, 0.29) is 11.2 Å². The molecule has 3 rings (SSSR count). The molecule has 0 unspecified atom stereocenters. The molecule has 0 bridgehead atoms. The maximum Gasteiger partial charge on any atom is 0.212 e. The Balaban J connectivity index is 2.13. The minimum atomic E-state index is -0.314. The zero-order valence-corrected chi connectivity index (χ0v) is 12.4. The third-order valence-electron chi connectivity index (χ3n) is 3.15. The quantitative estimate of drug-likeness (QED) is 0.808. The van der Waals surface area contributed by atoms with Crippen molar-refractivity contribution in [1.82, 2.24) is 14.9 Å². The summed E-state index contributed by atoms with van der Waals surface area (Å²) >= 11 is 1.58. The molecule has 6 heteroatoms. The van der Waals surface area contributed by atoms with Crippen molar-refractivity contribution in [3.8, 4) is 11.4 Å². The maximum atomic E-state index is 13.9. The van der Waals surface area contributed by atoms with Crippen molar-refractivity contribution in [2.75, 3.05) is 5.75 Å². The van der Waals surface area contributed by atoms with Crippen LogP contribution in [-0.4, -0.2) is 26.3 Å². The number of fused-ring (bicyclic) bond motifs is 1. The SMILES string of the molecule is CC(C)(C)C1=Nn2c(nnc2-c2ccccc2F)SC1. The molecular formula is C14H15FN4S. The molecule has 0 amide bonds. The van der Waals surface area contributed by atoms with Crippen LogP contribution in [0.4, 0.5) is 4.39 Å². The monoisotopic (exact) mass is 290 g/mol. The largest absolute Gasteiger partial charge is 0.212 e. The molecule has 1 aliphatic rings.